The molecule has 1 N–H and O–H groups in total. The van der Waals surface area contributed by atoms with Crippen LogP contribution >= 0.6 is 0 Å². The van der Waals surface area contributed by atoms with Crippen LogP contribution in [-0.4, -0.2) is 45.9 Å². The monoisotopic (exact) mass is 522 g/mol. The fourth-order valence-electron chi connectivity index (χ4n) is 4.99. The predicted molar refractivity (Wildman–Crippen MR) is 153 cm³/mol. The van der Waals surface area contributed by atoms with E-state index in [1.165, 1.54) is 0 Å². The molecular formula is C32H34N4O3. The zero-order valence-electron chi connectivity index (χ0n) is 22.4. The number of urea groups is 1. The quantitative estimate of drug-likeness (QED) is 0.289. The van der Waals surface area contributed by atoms with Crippen molar-refractivity contribution in [3.8, 4) is 11.5 Å². The van der Waals surface area contributed by atoms with E-state index in [4.69, 9.17) is 4.74 Å². The van der Waals surface area contributed by atoms with Crippen LogP contribution in [0, 0.1) is 6.92 Å². The van der Waals surface area contributed by atoms with Crippen LogP contribution in [0.1, 0.15) is 36.2 Å². The third kappa shape index (κ3) is 6.14. The fraction of sp³-hybridized carbons (Fsp3) is 0.250. The van der Waals surface area contributed by atoms with Crippen molar-refractivity contribution in [2.24, 2.45) is 0 Å². The highest BCUT2D eigenvalue weighted by Gasteiger charge is 2.33. The molecule has 0 saturated carbocycles. The number of benzene rings is 3. The standard InChI is InChI=1S/C32H34N4O3/c1-3-18-35(32(38)33-26-16-14-24(2)15-17-26)23-30(37)36-21-20-34-19-8-13-29(34)31(36)25-9-7-12-28(22-25)39-27-10-5-4-6-11-27/h4-17,19,22,31H,3,18,20-21,23H2,1-2H3,(H,33,38)/t31-/m0/s1. The number of hydrogen-bond donors (Lipinski definition) is 1. The number of amides is 3. The van der Waals surface area contributed by atoms with Gasteiger partial charge in [0.05, 0.1) is 6.04 Å². The molecule has 0 unspecified atom stereocenters. The van der Waals surface area contributed by atoms with Gasteiger partial charge in [-0.25, -0.2) is 4.79 Å². The topological polar surface area (TPSA) is 66.8 Å². The highest BCUT2D eigenvalue weighted by atomic mass is 16.5. The van der Waals surface area contributed by atoms with Gasteiger partial charge < -0.3 is 24.4 Å². The number of aryl methyl sites for hydroxylation is 1. The van der Waals surface area contributed by atoms with Gasteiger partial charge in [-0.15, -0.1) is 0 Å². The number of nitrogens with one attached hydrogen (secondary N) is 1. The third-order valence-corrected chi connectivity index (χ3v) is 6.92. The second kappa shape index (κ2) is 11.9. The molecule has 200 valence electrons. The lowest BCUT2D eigenvalue weighted by atomic mass is 9.99. The van der Waals surface area contributed by atoms with Gasteiger partial charge in [0, 0.05) is 37.2 Å². The summed E-state index contributed by atoms with van der Waals surface area (Å²) in [5, 5.41) is 2.94. The van der Waals surface area contributed by atoms with E-state index in [9.17, 15) is 9.59 Å². The fourth-order valence-corrected chi connectivity index (χ4v) is 4.99. The van der Waals surface area contributed by atoms with Crippen molar-refractivity contribution in [1.29, 1.82) is 0 Å². The maximum Gasteiger partial charge on any atom is 0.322 e. The van der Waals surface area contributed by atoms with Crippen molar-refractivity contribution in [1.82, 2.24) is 14.4 Å². The van der Waals surface area contributed by atoms with Gasteiger partial charge >= 0.3 is 6.03 Å². The van der Waals surface area contributed by atoms with Gasteiger partial charge in [-0.2, -0.15) is 0 Å². The van der Waals surface area contributed by atoms with Crippen molar-refractivity contribution in [2.45, 2.75) is 32.9 Å². The molecule has 5 rings (SSSR count). The molecule has 1 aliphatic heterocycles. The molecule has 1 atom stereocenters. The van der Waals surface area contributed by atoms with E-state index < -0.39 is 0 Å². The Morgan fingerprint density at radius 2 is 1.69 bits per heavy atom. The van der Waals surface area contributed by atoms with Crippen LogP contribution in [-0.2, 0) is 11.3 Å². The molecular weight excluding hydrogens is 488 g/mol. The van der Waals surface area contributed by atoms with Crippen molar-refractivity contribution in [3.05, 3.63) is 114 Å². The van der Waals surface area contributed by atoms with E-state index in [0.717, 1.165) is 29.0 Å². The van der Waals surface area contributed by atoms with Gasteiger partial charge in [0.1, 0.15) is 18.0 Å². The molecule has 4 aromatic rings. The Hall–Kier alpha value is -4.52. The highest BCUT2D eigenvalue weighted by Crippen LogP contribution is 2.35. The van der Waals surface area contributed by atoms with Gasteiger partial charge in [-0.05, 0) is 67.4 Å². The van der Waals surface area contributed by atoms with E-state index in [0.29, 0.717) is 31.1 Å². The number of para-hydroxylation sites is 1. The largest absolute Gasteiger partial charge is 0.457 e. The first-order valence-electron chi connectivity index (χ1n) is 13.4. The summed E-state index contributed by atoms with van der Waals surface area (Å²) in [7, 11) is 0. The van der Waals surface area contributed by atoms with Crippen LogP contribution in [0.5, 0.6) is 11.5 Å². The molecule has 0 bridgehead atoms. The summed E-state index contributed by atoms with van der Waals surface area (Å²) in [5.41, 5.74) is 3.83. The Balaban J connectivity index is 1.38. The van der Waals surface area contributed by atoms with E-state index in [1.807, 2.05) is 110 Å². The molecule has 0 radical (unpaired) electrons. The molecule has 3 aromatic carbocycles. The minimum absolute atomic E-state index is 0.00293. The SMILES string of the molecule is CCCN(CC(=O)N1CCn2cccc2[C@@H]1c1cccc(Oc2ccccc2)c1)C(=O)Nc1ccc(C)cc1. The Labute approximate surface area is 229 Å². The first kappa shape index (κ1) is 26.1. The lowest BCUT2D eigenvalue weighted by Crippen LogP contribution is -2.48. The van der Waals surface area contributed by atoms with Gasteiger partial charge in [0.15, 0.2) is 0 Å². The summed E-state index contributed by atoms with van der Waals surface area (Å²) in [4.78, 5) is 30.5. The summed E-state index contributed by atoms with van der Waals surface area (Å²) in [6, 6.07) is 28.7. The van der Waals surface area contributed by atoms with Gasteiger partial charge in [0.2, 0.25) is 5.91 Å². The molecule has 0 fully saturated rings. The molecule has 2 heterocycles. The molecule has 7 nitrogen and oxygen atoms in total. The van der Waals surface area contributed by atoms with Crippen molar-refractivity contribution >= 4 is 17.6 Å². The van der Waals surface area contributed by atoms with Crippen LogP contribution in [0.4, 0.5) is 10.5 Å². The van der Waals surface area contributed by atoms with Crippen LogP contribution in [0.25, 0.3) is 0 Å². The molecule has 1 aromatic heterocycles. The van der Waals surface area contributed by atoms with Crippen LogP contribution in [0.15, 0.2) is 97.2 Å². The molecule has 0 aliphatic carbocycles. The maximum absolute atomic E-state index is 13.8. The predicted octanol–water partition coefficient (Wildman–Crippen LogP) is 6.46. The lowest BCUT2D eigenvalue weighted by Gasteiger charge is -2.38. The van der Waals surface area contributed by atoms with E-state index in [-0.39, 0.29) is 24.5 Å². The first-order chi connectivity index (χ1) is 19.0. The average molecular weight is 523 g/mol. The number of aromatic nitrogens is 1. The van der Waals surface area contributed by atoms with Crippen LogP contribution in [0.3, 0.4) is 0 Å². The summed E-state index contributed by atoms with van der Waals surface area (Å²) in [5.74, 6) is 1.37. The number of nitrogens with zero attached hydrogens (tertiary/aromatic N) is 3. The molecule has 7 heteroatoms. The smallest absolute Gasteiger partial charge is 0.322 e. The lowest BCUT2D eigenvalue weighted by molar-refractivity contribution is -0.134. The summed E-state index contributed by atoms with van der Waals surface area (Å²) < 4.78 is 8.28. The van der Waals surface area contributed by atoms with E-state index in [1.54, 1.807) is 4.90 Å². The first-order valence-corrected chi connectivity index (χ1v) is 13.4. The highest BCUT2D eigenvalue weighted by molar-refractivity contribution is 5.92. The number of rotatable bonds is 8. The minimum Gasteiger partial charge on any atom is -0.457 e. The Kier molecular flexibility index (Phi) is 7.96. The molecule has 1 aliphatic rings. The Bertz CT molecular complexity index is 1410. The zero-order valence-corrected chi connectivity index (χ0v) is 22.4. The summed E-state index contributed by atoms with van der Waals surface area (Å²) in [6.07, 6.45) is 2.80. The minimum atomic E-state index is -0.288. The average Bonchev–Trinajstić information content (AvgIpc) is 3.43. The van der Waals surface area contributed by atoms with Crippen molar-refractivity contribution in [2.75, 3.05) is 25.0 Å². The normalized spacial score (nSPS) is 14.4. The number of hydrogen-bond acceptors (Lipinski definition) is 3. The summed E-state index contributed by atoms with van der Waals surface area (Å²) >= 11 is 0. The zero-order chi connectivity index (χ0) is 27.2. The van der Waals surface area contributed by atoms with Gasteiger partial charge in [0.25, 0.3) is 0 Å². The van der Waals surface area contributed by atoms with Gasteiger partial charge in [-0.3, -0.25) is 4.79 Å². The van der Waals surface area contributed by atoms with Crippen molar-refractivity contribution < 1.29 is 14.3 Å². The Morgan fingerprint density at radius 1 is 0.923 bits per heavy atom. The third-order valence-electron chi connectivity index (χ3n) is 6.92. The molecule has 0 spiro atoms. The van der Waals surface area contributed by atoms with E-state index in [2.05, 4.69) is 16.0 Å². The molecule has 39 heavy (non-hydrogen) atoms. The van der Waals surface area contributed by atoms with Crippen LogP contribution < -0.4 is 10.1 Å². The Morgan fingerprint density at radius 3 is 2.46 bits per heavy atom. The number of carbonyl (C=O) groups excluding carboxylic acids is 2. The van der Waals surface area contributed by atoms with Crippen molar-refractivity contribution in [3.63, 3.8) is 0 Å². The summed E-state index contributed by atoms with van der Waals surface area (Å²) in [6.45, 7) is 5.75. The number of anilines is 1. The van der Waals surface area contributed by atoms with E-state index >= 15 is 0 Å². The molecule has 3 amide bonds. The second-order valence-corrected chi connectivity index (χ2v) is 9.82. The number of fused-ring (bicyclic) bond motifs is 1. The van der Waals surface area contributed by atoms with Crippen LogP contribution in [0.2, 0.25) is 0 Å². The maximum atomic E-state index is 13.8. The molecule has 0 saturated heterocycles. The number of carbonyl (C=O) groups is 2. The number of ether oxygens (including phenoxy) is 1. The second-order valence-electron chi connectivity index (χ2n) is 9.82. The van der Waals surface area contributed by atoms with Gasteiger partial charge in [-0.1, -0.05) is 55.0 Å².